The van der Waals surface area contributed by atoms with Gasteiger partial charge in [0.15, 0.2) is 5.76 Å². The molecule has 1 N–H and O–H groups in total. The molecule has 2 aromatic heterocycles. The van der Waals surface area contributed by atoms with Crippen LogP contribution in [0.1, 0.15) is 30.7 Å². The summed E-state index contributed by atoms with van der Waals surface area (Å²) in [5.74, 6) is 1.65. The Morgan fingerprint density at radius 2 is 2.24 bits per heavy atom. The summed E-state index contributed by atoms with van der Waals surface area (Å²) in [6, 6.07) is 3.55. The molecule has 0 radical (unpaired) electrons. The molecule has 1 amide bonds. The Bertz CT molecular complexity index is 672. The Morgan fingerprint density at radius 3 is 2.92 bits per heavy atom. The molecule has 1 aliphatic rings. The first-order chi connectivity index (χ1) is 12.2. The number of oxazole rings is 1. The number of furan rings is 1. The van der Waals surface area contributed by atoms with Gasteiger partial charge in [0.05, 0.1) is 24.5 Å². The number of amides is 1. The van der Waals surface area contributed by atoms with Crippen molar-refractivity contribution in [2.75, 3.05) is 26.3 Å². The van der Waals surface area contributed by atoms with Gasteiger partial charge in [-0.15, -0.1) is 0 Å². The average molecular weight is 348 g/mol. The standard InChI is InChI=1S/C18H24N2O5/c1-13-15(19-18(25-13)16-4-2-10-24-16)12-17(22)20-7-5-14(6-8-20)23-11-3-9-21/h2,4,10,14,21H,3,5-9,11-12H2,1H3. The Kier molecular flexibility index (Phi) is 5.88. The SMILES string of the molecule is Cc1oc(-c2ccco2)nc1CC(=O)N1CCC(OCCCO)CC1. The predicted octanol–water partition coefficient (Wildman–Crippen LogP) is 2.18. The number of carbonyl (C=O) groups excluding carboxylic acids is 1. The van der Waals surface area contributed by atoms with E-state index in [4.69, 9.17) is 18.7 Å². The van der Waals surface area contributed by atoms with Crippen LogP contribution in [-0.2, 0) is 16.0 Å². The van der Waals surface area contributed by atoms with E-state index in [-0.39, 0.29) is 25.0 Å². The van der Waals surface area contributed by atoms with Crippen LogP contribution in [0.5, 0.6) is 0 Å². The van der Waals surface area contributed by atoms with Crippen molar-refractivity contribution in [3.8, 4) is 11.7 Å². The summed E-state index contributed by atoms with van der Waals surface area (Å²) in [5.41, 5.74) is 0.651. The molecule has 3 rings (SSSR count). The molecular weight excluding hydrogens is 324 g/mol. The number of carbonyl (C=O) groups is 1. The van der Waals surface area contributed by atoms with E-state index >= 15 is 0 Å². The van der Waals surface area contributed by atoms with Crippen molar-refractivity contribution in [1.82, 2.24) is 9.88 Å². The van der Waals surface area contributed by atoms with Crippen LogP contribution in [-0.4, -0.2) is 53.3 Å². The summed E-state index contributed by atoms with van der Waals surface area (Å²) in [7, 11) is 0. The Labute approximate surface area is 146 Å². The third kappa shape index (κ3) is 4.49. The number of hydrogen-bond acceptors (Lipinski definition) is 6. The molecule has 1 fully saturated rings. The van der Waals surface area contributed by atoms with Crippen LogP contribution in [0.2, 0.25) is 0 Å². The van der Waals surface area contributed by atoms with Gasteiger partial charge in [0.25, 0.3) is 5.89 Å². The van der Waals surface area contributed by atoms with E-state index in [0.29, 0.717) is 49.2 Å². The molecule has 1 aliphatic heterocycles. The molecule has 0 aliphatic carbocycles. The summed E-state index contributed by atoms with van der Waals surface area (Å²) in [5, 5.41) is 8.78. The van der Waals surface area contributed by atoms with E-state index in [1.165, 1.54) is 0 Å². The first-order valence-electron chi connectivity index (χ1n) is 8.68. The van der Waals surface area contributed by atoms with Gasteiger partial charge < -0.3 is 23.6 Å². The number of aliphatic hydroxyl groups is 1. The maximum Gasteiger partial charge on any atom is 0.263 e. The second-order valence-corrected chi connectivity index (χ2v) is 6.20. The highest BCUT2D eigenvalue weighted by Gasteiger charge is 2.25. The van der Waals surface area contributed by atoms with Gasteiger partial charge >= 0.3 is 0 Å². The number of nitrogens with zero attached hydrogens (tertiary/aromatic N) is 2. The van der Waals surface area contributed by atoms with Gasteiger partial charge in [-0.3, -0.25) is 4.79 Å². The van der Waals surface area contributed by atoms with E-state index in [9.17, 15) is 4.79 Å². The molecule has 7 heteroatoms. The van der Waals surface area contributed by atoms with Crippen molar-refractivity contribution < 1.29 is 23.5 Å². The smallest absolute Gasteiger partial charge is 0.263 e. The lowest BCUT2D eigenvalue weighted by Crippen LogP contribution is -2.41. The van der Waals surface area contributed by atoms with Crippen LogP contribution in [0.15, 0.2) is 27.2 Å². The van der Waals surface area contributed by atoms with Crippen molar-refractivity contribution >= 4 is 5.91 Å². The van der Waals surface area contributed by atoms with E-state index in [0.717, 1.165) is 12.8 Å². The third-order valence-electron chi connectivity index (χ3n) is 4.39. The lowest BCUT2D eigenvalue weighted by atomic mass is 10.1. The van der Waals surface area contributed by atoms with Gasteiger partial charge in [-0.1, -0.05) is 0 Å². The van der Waals surface area contributed by atoms with Gasteiger partial charge in [0.1, 0.15) is 5.76 Å². The molecule has 0 aromatic carbocycles. The highest BCUT2D eigenvalue weighted by Crippen LogP contribution is 2.23. The number of piperidine rings is 1. The van der Waals surface area contributed by atoms with Gasteiger partial charge in [0.2, 0.25) is 5.91 Å². The van der Waals surface area contributed by atoms with Crippen LogP contribution in [0.25, 0.3) is 11.7 Å². The van der Waals surface area contributed by atoms with Gasteiger partial charge in [-0.25, -0.2) is 4.98 Å². The molecule has 25 heavy (non-hydrogen) atoms. The van der Waals surface area contributed by atoms with Crippen LogP contribution in [0.3, 0.4) is 0 Å². The van der Waals surface area contributed by atoms with Crippen LogP contribution >= 0.6 is 0 Å². The number of aliphatic hydroxyl groups excluding tert-OH is 1. The normalized spacial score (nSPS) is 15.7. The van der Waals surface area contributed by atoms with Crippen LogP contribution in [0, 0.1) is 6.92 Å². The van der Waals surface area contributed by atoms with Crippen molar-refractivity contribution in [3.63, 3.8) is 0 Å². The number of ether oxygens (including phenoxy) is 1. The van der Waals surface area contributed by atoms with Crippen molar-refractivity contribution in [2.45, 2.75) is 38.7 Å². The number of hydrogen-bond donors (Lipinski definition) is 1. The fourth-order valence-electron chi connectivity index (χ4n) is 2.94. The quantitative estimate of drug-likeness (QED) is 0.772. The lowest BCUT2D eigenvalue weighted by Gasteiger charge is -2.32. The number of likely N-dealkylation sites (tertiary alicyclic amines) is 1. The van der Waals surface area contributed by atoms with Crippen molar-refractivity contribution in [2.24, 2.45) is 0 Å². The number of aromatic nitrogens is 1. The van der Waals surface area contributed by atoms with E-state index < -0.39 is 0 Å². The van der Waals surface area contributed by atoms with Gasteiger partial charge in [-0.2, -0.15) is 0 Å². The van der Waals surface area contributed by atoms with E-state index in [2.05, 4.69) is 4.98 Å². The molecule has 3 heterocycles. The number of aryl methyl sites for hydroxylation is 1. The zero-order valence-electron chi connectivity index (χ0n) is 14.4. The second-order valence-electron chi connectivity index (χ2n) is 6.20. The summed E-state index contributed by atoms with van der Waals surface area (Å²) in [4.78, 5) is 18.8. The topological polar surface area (TPSA) is 88.9 Å². The molecular formula is C18H24N2O5. The minimum Gasteiger partial charge on any atom is -0.459 e. The zero-order chi connectivity index (χ0) is 17.6. The lowest BCUT2D eigenvalue weighted by molar-refractivity contribution is -0.133. The maximum absolute atomic E-state index is 12.5. The Balaban J connectivity index is 1.52. The second kappa shape index (κ2) is 8.31. The van der Waals surface area contributed by atoms with Gasteiger partial charge in [0, 0.05) is 26.3 Å². The fraction of sp³-hybridized carbons (Fsp3) is 0.556. The third-order valence-corrected chi connectivity index (χ3v) is 4.39. The highest BCUT2D eigenvalue weighted by atomic mass is 16.5. The Morgan fingerprint density at radius 1 is 1.44 bits per heavy atom. The Hall–Kier alpha value is -2.12. The summed E-state index contributed by atoms with van der Waals surface area (Å²) < 4.78 is 16.6. The van der Waals surface area contributed by atoms with Gasteiger partial charge in [-0.05, 0) is 38.3 Å². The minimum atomic E-state index is 0.0520. The summed E-state index contributed by atoms with van der Waals surface area (Å²) in [6.45, 7) is 3.90. The largest absolute Gasteiger partial charge is 0.459 e. The monoisotopic (exact) mass is 348 g/mol. The molecule has 1 saturated heterocycles. The molecule has 0 spiro atoms. The summed E-state index contributed by atoms with van der Waals surface area (Å²) >= 11 is 0. The highest BCUT2D eigenvalue weighted by molar-refractivity contribution is 5.78. The van der Waals surface area contributed by atoms with Crippen LogP contribution < -0.4 is 0 Å². The maximum atomic E-state index is 12.5. The molecule has 0 saturated carbocycles. The molecule has 0 bridgehead atoms. The number of rotatable bonds is 7. The molecule has 7 nitrogen and oxygen atoms in total. The van der Waals surface area contributed by atoms with E-state index in [1.54, 1.807) is 18.4 Å². The zero-order valence-corrected chi connectivity index (χ0v) is 14.4. The van der Waals surface area contributed by atoms with Crippen molar-refractivity contribution in [1.29, 1.82) is 0 Å². The first-order valence-corrected chi connectivity index (χ1v) is 8.68. The molecule has 0 unspecified atom stereocenters. The fourth-order valence-corrected chi connectivity index (χ4v) is 2.94. The first kappa shape index (κ1) is 17.7. The molecule has 136 valence electrons. The van der Waals surface area contributed by atoms with Crippen LogP contribution in [0.4, 0.5) is 0 Å². The molecule has 0 atom stereocenters. The van der Waals surface area contributed by atoms with E-state index in [1.807, 2.05) is 11.8 Å². The summed E-state index contributed by atoms with van der Waals surface area (Å²) in [6.07, 6.45) is 4.27. The predicted molar refractivity (Wildman–Crippen MR) is 89.9 cm³/mol. The van der Waals surface area contributed by atoms with Crippen molar-refractivity contribution in [3.05, 3.63) is 29.9 Å². The minimum absolute atomic E-state index is 0.0520. The average Bonchev–Trinajstić information content (AvgIpc) is 3.26. The molecule has 2 aromatic rings.